The molecule has 8 aromatic rings. The van der Waals surface area contributed by atoms with Gasteiger partial charge in [-0.05, 0) is 240 Å². The Kier molecular flexibility index (Phi) is 40.7. The maximum absolute atomic E-state index is 13.5. The molecule has 0 aliphatic carbocycles. The minimum Gasteiger partial charge on any atom is -0.496 e. The summed E-state index contributed by atoms with van der Waals surface area (Å²) in [5.41, 5.74) is -0.518. The molecule has 4 heterocycles. The molecule has 21 nitrogen and oxygen atoms in total. The summed E-state index contributed by atoms with van der Waals surface area (Å²) in [6.45, 7) is 29.5. The molecule has 127 heavy (non-hydrogen) atoms. The number of aryl methyl sites for hydroxylation is 1. The monoisotopic (exact) mass is 1890 g/mol. The second-order valence-electron chi connectivity index (χ2n) is 32.5. The molecule has 0 atom stereocenters. The predicted octanol–water partition coefficient (Wildman–Crippen LogP) is 13.5. The van der Waals surface area contributed by atoms with Crippen LogP contribution in [-0.2, 0) is 37.2 Å². The van der Waals surface area contributed by atoms with Crippen LogP contribution in [0.4, 0.5) is 48.3 Å². The highest BCUT2D eigenvalue weighted by Gasteiger charge is 2.55. The fraction of sp³-hybridized carbons (Fsp3) is 0.415. The van der Waals surface area contributed by atoms with Crippen LogP contribution in [0.15, 0.2) is 146 Å². The Balaban J connectivity index is 0.000000260. The van der Waals surface area contributed by atoms with E-state index in [9.17, 15) is 48.3 Å². The summed E-state index contributed by atoms with van der Waals surface area (Å²) < 4.78 is 209. The zero-order valence-electron chi connectivity index (χ0n) is 73.3. The predicted molar refractivity (Wildman–Crippen MR) is 476 cm³/mol. The van der Waals surface area contributed by atoms with Crippen molar-refractivity contribution in [1.29, 1.82) is 0 Å². The molecule has 8 aromatic carbocycles. The molecule has 4 fully saturated rings. The van der Waals surface area contributed by atoms with Crippen LogP contribution in [0.1, 0.15) is 164 Å². The van der Waals surface area contributed by atoms with Gasteiger partial charge in [0.1, 0.15) is 34.6 Å². The molecular weight excluding hydrogens is 1790 g/mol. The molecule has 0 radical (unpaired) electrons. The van der Waals surface area contributed by atoms with Gasteiger partial charge in [0.2, 0.25) is 0 Å². The maximum atomic E-state index is 13.5. The molecule has 8 N–H and O–H groups in total. The Hall–Kier alpha value is -6.68. The second kappa shape index (κ2) is 46.6. The number of ether oxygens (including phenoxy) is 5. The largest absolute Gasteiger partial charge is 0.496 e. The molecule has 4 aliphatic rings. The molecule has 0 bridgehead atoms. The summed E-state index contributed by atoms with van der Waals surface area (Å²) in [6.07, 6.45) is -10.4. The third-order valence-corrected chi connectivity index (χ3v) is 23.1. The van der Waals surface area contributed by atoms with Crippen LogP contribution in [0, 0.1) is 12.7 Å². The Labute approximate surface area is 760 Å². The average Bonchev–Trinajstić information content (AvgIpc) is 1.64. The Morgan fingerprint density at radius 3 is 0.835 bits per heavy atom. The van der Waals surface area contributed by atoms with Crippen LogP contribution in [0.2, 0.25) is 25.1 Å². The third kappa shape index (κ3) is 30.2. The Bertz CT molecular complexity index is 4570. The zero-order chi connectivity index (χ0) is 96.5. The number of methoxy groups -OCH3 is 4. The summed E-state index contributed by atoms with van der Waals surface area (Å²) in [6, 6.07) is 34.4. The van der Waals surface area contributed by atoms with Gasteiger partial charge < -0.3 is 101 Å². The lowest BCUT2D eigenvalue weighted by Gasteiger charge is -2.32. The number of hydrogen-bond acceptors (Lipinski definition) is 21. The van der Waals surface area contributed by atoms with Crippen molar-refractivity contribution in [3.63, 3.8) is 0 Å². The minimum absolute atomic E-state index is 0.0188. The van der Waals surface area contributed by atoms with Crippen LogP contribution in [-0.4, -0.2) is 177 Å². The summed E-state index contributed by atoms with van der Waals surface area (Å²) >= 11 is 28.5. The Morgan fingerprint density at radius 2 is 0.551 bits per heavy atom. The fourth-order valence-electron chi connectivity index (χ4n) is 11.2. The molecule has 0 unspecified atom stereocenters. The van der Waals surface area contributed by atoms with Crippen molar-refractivity contribution >= 4 is 159 Å². The van der Waals surface area contributed by atoms with E-state index in [1.165, 1.54) is 107 Å². The topological polar surface area (TPSA) is 282 Å². The van der Waals surface area contributed by atoms with Crippen molar-refractivity contribution in [1.82, 2.24) is 0 Å². The number of hydrogen-bond donors (Lipinski definition) is 8. The van der Waals surface area contributed by atoms with Gasteiger partial charge in [-0.25, -0.2) is 39.5 Å². The van der Waals surface area contributed by atoms with E-state index in [1.54, 1.807) is 55.5 Å². The highest BCUT2D eigenvalue weighted by atomic mass is 35.5. The van der Waals surface area contributed by atoms with Crippen molar-refractivity contribution in [3.8, 4) is 28.7 Å². The van der Waals surface area contributed by atoms with Crippen LogP contribution >= 0.6 is 58.0 Å². The zero-order valence-corrected chi connectivity index (χ0v) is 77.1. The molecule has 0 saturated carbocycles. The van der Waals surface area contributed by atoms with Crippen LogP contribution in [0.3, 0.4) is 0 Å². The van der Waals surface area contributed by atoms with Gasteiger partial charge in [-0.1, -0.05) is 131 Å². The molecule has 0 amide bonds. The summed E-state index contributed by atoms with van der Waals surface area (Å²) in [5, 5.41) is 71.5. The van der Waals surface area contributed by atoms with Crippen molar-refractivity contribution < 1.29 is 149 Å². The van der Waals surface area contributed by atoms with Crippen LogP contribution in [0.25, 0.3) is 0 Å². The lowest BCUT2D eigenvalue weighted by atomic mass is 9.78. The molecule has 4 aliphatic heterocycles. The molecule has 690 valence electrons. The van der Waals surface area contributed by atoms with Gasteiger partial charge >= 0.3 is 63.6 Å². The molecular formula is C82H100B8Cl5F11O21. The number of benzene rings is 8. The molecule has 45 heteroatoms. The molecule has 12 rings (SSSR count). The van der Waals surface area contributed by atoms with Crippen molar-refractivity contribution in [2.24, 2.45) is 0 Å². The Morgan fingerprint density at radius 1 is 0.283 bits per heavy atom. The first-order chi connectivity index (χ1) is 58.5. The highest BCUT2D eigenvalue weighted by molar-refractivity contribution is 6.64. The van der Waals surface area contributed by atoms with Crippen molar-refractivity contribution in [2.75, 3.05) is 28.4 Å². The average molecular weight is 1890 g/mol. The first kappa shape index (κ1) is 111. The first-order valence-corrected chi connectivity index (χ1v) is 40.5. The quantitative estimate of drug-likeness (QED) is 0.0293. The van der Waals surface area contributed by atoms with Crippen molar-refractivity contribution in [2.45, 2.75) is 195 Å². The van der Waals surface area contributed by atoms with E-state index in [0.29, 0.717) is 70.7 Å². The van der Waals surface area contributed by atoms with Gasteiger partial charge in [0.25, 0.3) is 25.7 Å². The minimum atomic E-state index is -3.00. The van der Waals surface area contributed by atoms with Gasteiger partial charge in [0, 0.05) is 16.1 Å². The SMILES string of the molecule is CC1(C)OB(c2ccc(C(F)F)c(Cl)c2)OC1(C)C.CC1(C)OB(c2ccc(C(F)F)c(F)c2)OC1(C)C.COc1cc(B(O)O)ccc1Cl.COc1cc(B(O)O)ccc1Cl.COc1cc(B2OC(C)(C)C(C)(C)O2)ccc1C(F)F.COc1ccc(B(O)O)cc1Cl.Cc1cc(B2OC(C)(C)C(C)(C)O2)ccc1C(F)F.OB(O)c1ccc(Cl)c(OC(F)F)c1. The summed E-state index contributed by atoms with van der Waals surface area (Å²) in [4.78, 5) is 0. The van der Waals surface area contributed by atoms with Crippen LogP contribution in [0.5, 0.6) is 28.7 Å². The first-order valence-electron chi connectivity index (χ1n) is 38.7. The number of alkyl halides is 10. The lowest BCUT2D eigenvalue weighted by molar-refractivity contribution is -0.0497. The van der Waals surface area contributed by atoms with E-state index in [2.05, 4.69) is 4.74 Å². The van der Waals surface area contributed by atoms with E-state index in [0.717, 1.165) is 23.7 Å². The van der Waals surface area contributed by atoms with Gasteiger partial charge in [-0.2, -0.15) is 8.78 Å². The maximum Gasteiger partial charge on any atom is 0.494 e. The van der Waals surface area contributed by atoms with Gasteiger partial charge in [0.15, 0.2) is 0 Å². The fourth-order valence-corrected chi connectivity index (χ4v) is 12.3. The van der Waals surface area contributed by atoms with E-state index in [4.69, 9.17) is 154 Å². The number of rotatable bonds is 18. The van der Waals surface area contributed by atoms with Gasteiger partial charge in [-0.3, -0.25) is 0 Å². The summed E-state index contributed by atoms with van der Waals surface area (Å²) in [7, 11) is -2.83. The van der Waals surface area contributed by atoms with E-state index in [-0.39, 0.29) is 43.7 Å². The molecule has 4 saturated heterocycles. The smallest absolute Gasteiger partial charge is 0.494 e. The van der Waals surface area contributed by atoms with E-state index < -0.39 is 145 Å². The second-order valence-corrected chi connectivity index (χ2v) is 34.5. The van der Waals surface area contributed by atoms with Crippen LogP contribution < -0.4 is 67.4 Å². The van der Waals surface area contributed by atoms with Crippen molar-refractivity contribution in [3.05, 3.63) is 204 Å². The summed E-state index contributed by atoms with van der Waals surface area (Å²) in [5.74, 6) is 0.298. The highest BCUT2D eigenvalue weighted by Crippen LogP contribution is 2.42. The van der Waals surface area contributed by atoms with E-state index >= 15 is 0 Å². The number of halogens is 16. The normalized spacial score (nSPS) is 16.6. The third-order valence-electron chi connectivity index (χ3n) is 21.5. The standard InChI is InChI=1S/C14H19BF2O3.C14H19BF2O2.C13H16BClF2O2.C13H16BF3O2.C7H6BClF2O3.3C7H8BClO3/c1-13(2)14(3,4)20-15(19-13)9-6-7-10(12(16)17)11(8-9)18-5;1-9-8-10(6-7-11(9)12(16)17)15-18-13(2,3)14(4,5)19-15;2*1-12(2)13(3,4)19-14(18-12)8-5-6-9(11(16)17)10(15)7-8;9-5-2-1-4(8(12)13)3-6(5)14-7(10)11;1-12-7-3-2-5(8(10)11)4-6(7)9;2*1-12-7-4-5(8(10)11)2-3-6(7)9/h6-8,12H,1-5H3;6-8,12H,1-5H3;2*5-7,11H,1-4H3;1-3,7,12-13H;3*2-4,10-11H,1H3. The van der Waals surface area contributed by atoms with Gasteiger partial charge in [0.05, 0.1) is 104 Å². The van der Waals surface area contributed by atoms with E-state index in [1.807, 2.05) is 111 Å². The lowest BCUT2D eigenvalue weighted by Crippen LogP contribution is -2.41. The molecule has 0 aromatic heterocycles. The molecule has 0 spiro atoms. The van der Waals surface area contributed by atoms with Gasteiger partial charge in [-0.15, -0.1) is 0 Å².